The highest BCUT2D eigenvalue weighted by Crippen LogP contribution is 2.19. The zero-order valence-corrected chi connectivity index (χ0v) is 15.5. The number of aromatic nitrogens is 2. The molecule has 2 amide bonds. The lowest BCUT2D eigenvalue weighted by molar-refractivity contribution is -0.384. The van der Waals surface area contributed by atoms with Crippen molar-refractivity contribution in [3.05, 3.63) is 87.7 Å². The first kappa shape index (κ1) is 20.6. The summed E-state index contributed by atoms with van der Waals surface area (Å²) in [5.74, 6) is -3.54. The first-order valence-corrected chi connectivity index (χ1v) is 8.57. The van der Waals surface area contributed by atoms with Gasteiger partial charge in [0.2, 0.25) is 5.91 Å². The van der Waals surface area contributed by atoms with Crippen LogP contribution in [-0.2, 0) is 4.79 Å². The fourth-order valence-corrected chi connectivity index (χ4v) is 2.66. The van der Waals surface area contributed by atoms with E-state index in [4.69, 9.17) is 0 Å². The Morgan fingerprint density at radius 3 is 2.43 bits per heavy atom. The summed E-state index contributed by atoms with van der Waals surface area (Å²) < 4.78 is 28.1. The zero-order valence-electron chi connectivity index (χ0n) is 15.5. The topological polar surface area (TPSA) is 119 Å². The summed E-state index contributed by atoms with van der Waals surface area (Å²) >= 11 is 0. The summed E-state index contributed by atoms with van der Waals surface area (Å²) in [5.41, 5.74) is 0.529. The van der Waals surface area contributed by atoms with Gasteiger partial charge >= 0.3 is 0 Å². The van der Waals surface area contributed by atoms with Crippen molar-refractivity contribution in [1.82, 2.24) is 20.4 Å². The van der Waals surface area contributed by atoms with Crippen LogP contribution in [0.1, 0.15) is 22.0 Å². The molecule has 3 aromatic rings. The van der Waals surface area contributed by atoms with Gasteiger partial charge in [0, 0.05) is 25.4 Å². The number of nitrogens with zero attached hydrogens (tertiary/aromatic N) is 3. The molecule has 0 fully saturated rings. The number of likely N-dealkylation sites (N-methyl/N-ethyl adjacent to an activating group) is 1. The van der Waals surface area contributed by atoms with Crippen LogP contribution in [0.15, 0.2) is 54.9 Å². The van der Waals surface area contributed by atoms with Crippen molar-refractivity contribution < 1.29 is 23.3 Å². The molecule has 0 aliphatic rings. The Hall–Kier alpha value is -4.15. The summed E-state index contributed by atoms with van der Waals surface area (Å²) in [6, 6.07) is 7.13. The van der Waals surface area contributed by atoms with E-state index in [1.807, 2.05) is 0 Å². The monoisotopic (exact) mass is 415 g/mol. The van der Waals surface area contributed by atoms with Gasteiger partial charge in [-0.1, -0.05) is 6.07 Å². The average Bonchev–Trinajstić information content (AvgIpc) is 3.24. The zero-order chi connectivity index (χ0) is 21.8. The molecule has 30 heavy (non-hydrogen) atoms. The molecule has 1 unspecified atom stereocenters. The van der Waals surface area contributed by atoms with Gasteiger partial charge in [-0.3, -0.25) is 19.7 Å². The van der Waals surface area contributed by atoms with E-state index >= 15 is 0 Å². The highest BCUT2D eigenvalue weighted by atomic mass is 19.2. The van der Waals surface area contributed by atoms with E-state index in [0.717, 1.165) is 12.1 Å². The molecule has 3 rings (SSSR count). The number of nitro benzene ring substituents is 1. The number of carbonyl (C=O) groups is 2. The Labute approximate surface area is 168 Å². The lowest BCUT2D eigenvalue weighted by atomic mass is 10.1. The second kappa shape index (κ2) is 8.47. The van der Waals surface area contributed by atoms with E-state index in [2.05, 4.69) is 15.7 Å². The van der Waals surface area contributed by atoms with Gasteiger partial charge in [0.1, 0.15) is 6.04 Å². The van der Waals surface area contributed by atoms with Crippen molar-refractivity contribution in [3.8, 4) is 5.69 Å². The number of benzene rings is 2. The molecule has 0 aliphatic heterocycles. The third-order valence-corrected chi connectivity index (χ3v) is 4.23. The fourth-order valence-electron chi connectivity index (χ4n) is 2.66. The third kappa shape index (κ3) is 4.29. The summed E-state index contributed by atoms with van der Waals surface area (Å²) in [5, 5.41) is 19.6. The number of rotatable bonds is 6. The van der Waals surface area contributed by atoms with Crippen molar-refractivity contribution in [2.75, 3.05) is 7.05 Å². The molecular formula is C19H15F2N5O4. The van der Waals surface area contributed by atoms with Crippen LogP contribution in [-0.4, -0.2) is 33.6 Å². The van der Waals surface area contributed by atoms with Crippen LogP contribution in [0.4, 0.5) is 14.5 Å². The lowest BCUT2D eigenvalue weighted by Gasteiger charge is -2.17. The fraction of sp³-hybridized carbons (Fsp3) is 0.105. The Kier molecular flexibility index (Phi) is 5.81. The number of hydrogen-bond acceptors (Lipinski definition) is 5. The summed E-state index contributed by atoms with van der Waals surface area (Å²) in [6.07, 6.45) is 2.60. The van der Waals surface area contributed by atoms with E-state index in [0.29, 0.717) is 5.69 Å². The smallest absolute Gasteiger partial charge is 0.269 e. The van der Waals surface area contributed by atoms with Crippen molar-refractivity contribution >= 4 is 17.5 Å². The minimum Gasteiger partial charge on any atom is -0.357 e. The number of nitrogens with one attached hydrogen (secondary N) is 2. The lowest BCUT2D eigenvalue weighted by Crippen LogP contribution is -2.39. The molecule has 0 saturated carbocycles. The molecule has 0 aliphatic carbocycles. The van der Waals surface area contributed by atoms with Crippen LogP contribution in [0, 0.1) is 21.7 Å². The van der Waals surface area contributed by atoms with E-state index in [-0.39, 0.29) is 16.8 Å². The van der Waals surface area contributed by atoms with Gasteiger partial charge in [0.05, 0.1) is 22.4 Å². The molecule has 9 nitrogen and oxygen atoms in total. The summed E-state index contributed by atoms with van der Waals surface area (Å²) in [7, 11) is 1.34. The van der Waals surface area contributed by atoms with E-state index in [9.17, 15) is 28.5 Å². The normalized spacial score (nSPS) is 11.6. The van der Waals surface area contributed by atoms with Gasteiger partial charge in [0.15, 0.2) is 11.6 Å². The number of non-ortho nitro benzene ring substituents is 1. The minimum atomic E-state index is -1.26. The Morgan fingerprint density at radius 2 is 1.83 bits per heavy atom. The highest BCUT2D eigenvalue weighted by molar-refractivity contribution is 5.97. The second-order valence-electron chi connectivity index (χ2n) is 6.14. The van der Waals surface area contributed by atoms with Crippen molar-refractivity contribution in [2.24, 2.45) is 0 Å². The third-order valence-electron chi connectivity index (χ3n) is 4.23. The largest absolute Gasteiger partial charge is 0.357 e. The number of amides is 2. The molecule has 11 heteroatoms. The predicted molar refractivity (Wildman–Crippen MR) is 101 cm³/mol. The van der Waals surface area contributed by atoms with Gasteiger partial charge < -0.3 is 10.6 Å². The maximum absolute atomic E-state index is 13.6. The maximum Gasteiger partial charge on any atom is 0.269 e. The first-order chi connectivity index (χ1) is 14.3. The van der Waals surface area contributed by atoms with Crippen LogP contribution >= 0.6 is 0 Å². The first-order valence-electron chi connectivity index (χ1n) is 8.57. The van der Waals surface area contributed by atoms with Gasteiger partial charge in [-0.05, 0) is 29.8 Å². The Bertz CT molecular complexity index is 1110. The van der Waals surface area contributed by atoms with Crippen molar-refractivity contribution in [2.45, 2.75) is 6.04 Å². The minimum absolute atomic E-state index is 0.0596. The molecular weight excluding hydrogens is 400 g/mol. The highest BCUT2D eigenvalue weighted by Gasteiger charge is 2.24. The molecule has 2 aromatic carbocycles. The maximum atomic E-state index is 13.6. The standard InChI is InChI=1S/C19H15F2N5O4/c1-22-19(28)17(11-2-7-15(20)16(21)8-11)24-18(27)12-9-23-25(10-12)13-3-5-14(6-4-13)26(29)30/h2-10,17H,1H3,(H,22,28)(H,24,27). The molecule has 1 atom stereocenters. The number of halogens is 2. The molecule has 2 N–H and O–H groups in total. The van der Waals surface area contributed by atoms with Crippen LogP contribution in [0.2, 0.25) is 0 Å². The average molecular weight is 415 g/mol. The molecule has 0 spiro atoms. The molecule has 154 valence electrons. The molecule has 1 heterocycles. The van der Waals surface area contributed by atoms with Gasteiger partial charge in [0.25, 0.3) is 11.6 Å². The molecule has 0 bridgehead atoms. The van der Waals surface area contributed by atoms with Gasteiger partial charge in [-0.25, -0.2) is 13.5 Å². The quantitative estimate of drug-likeness (QED) is 0.473. The molecule has 0 saturated heterocycles. The van der Waals surface area contributed by atoms with E-state index in [1.165, 1.54) is 54.5 Å². The van der Waals surface area contributed by atoms with Crippen LogP contribution in [0.25, 0.3) is 5.69 Å². The summed E-state index contributed by atoms with van der Waals surface area (Å²) in [4.78, 5) is 35.0. The van der Waals surface area contributed by atoms with Gasteiger partial charge in [-0.2, -0.15) is 5.10 Å². The van der Waals surface area contributed by atoms with Crippen molar-refractivity contribution in [3.63, 3.8) is 0 Å². The second-order valence-corrected chi connectivity index (χ2v) is 6.14. The van der Waals surface area contributed by atoms with Gasteiger partial charge in [-0.15, -0.1) is 0 Å². The molecule has 1 aromatic heterocycles. The predicted octanol–water partition coefficient (Wildman–Crippen LogP) is 2.28. The van der Waals surface area contributed by atoms with Crippen molar-refractivity contribution in [1.29, 1.82) is 0 Å². The summed E-state index contributed by atoms with van der Waals surface area (Å²) in [6.45, 7) is 0. The van der Waals surface area contributed by atoms with Crippen LogP contribution in [0.5, 0.6) is 0 Å². The Morgan fingerprint density at radius 1 is 1.13 bits per heavy atom. The van der Waals surface area contributed by atoms with Crippen LogP contribution < -0.4 is 10.6 Å². The number of hydrogen-bond donors (Lipinski definition) is 2. The van der Waals surface area contributed by atoms with E-state index < -0.39 is 34.4 Å². The van der Waals surface area contributed by atoms with Crippen LogP contribution in [0.3, 0.4) is 0 Å². The number of carbonyl (C=O) groups excluding carboxylic acids is 2. The number of nitro groups is 1. The molecule has 0 radical (unpaired) electrons. The Balaban J connectivity index is 1.82. The van der Waals surface area contributed by atoms with E-state index in [1.54, 1.807) is 0 Å². The SMILES string of the molecule is CNC(=O)C(NC(=O)c1cnn(-c2ccc([N+](=O)[O-])cc2)c1)c1ccc(F)c(F)c1.